The Morgan fingerprint density at radius 1 is 1.21 bits per heavy atom. The molecule has 1 aliphatic carbocycles. The second-order valence-corrected chi connectivity index (χ2v) is 5.63. The van der Waals surface area contributed by atoms with Crippen LogP contribution < -0.4 is 4.74 Å². The maximum Gasteiger partial charge on any atom is 0.118 e. The van der Waals surface area contributed by atoms with Crippen molar-refractivity contribution < 1.29 is 14.6 Å². The number of hydrogen-bond acceptors (Lipinski definition) is 3. The van der Waals surface area contributed by atoms with Gasteiger partial charge in [-0.1, -0.05) is 32.1 Å². The first-order valence-corrected chi connectivity index (χ1v) is 6.60. The van der Waals surface area contributed by atoms with Crippen LogP contribution in [0.15, 0.2) is 35.9 Å². The van der Waals surface area contributed by atoms with Crippen LogP contribution in [-0.2, 0) is 11.3 Å². The number of ether oxygens (including phenoxy) is 2. The lowest BCUT2D eigenvalue weighted by Gasteiger charge is -2.20. The van der Waals surface area contributed by atoms with Crippen molar-refractivity contribution in [2.45, 2.75) is 39.6 Å². The average molecular weight is 262 g/mol. The number of rotatable bonds is 6. The molecule has 0 aromatic heterocycles. The molecule has 0 unspecified atom stereocenters. The van der Waals surface area contributed by atoms with E-state index >= 15 is 0 Å². The van der Waals surface area contributed by atoms with Crippen LogP contribution in [0.3, 0.4) is 0 Å². The number of aliphatic hydroxyl groups excluding tert-OH is 1. The molecular formula is C16H22O3. The zero-order valence-corrected chi connectivity index (χ0v) is 12.0. The fourth-order valence-corrected chi connectivity index (χ4v) is 2.11. The molecule has 1 aromatic carbocycles. The van der Waals surface area contributed by atoms with Gasteiger partial charge in [0.05, 0.1) is 19.8 Å². The van der Waals surface area contributed by atoms with E-state index in [0.717, 1.165) is 16.9 Å². The summed E-state index contributed by atoms with van der Waals surface area (Å²) in [6.07, 6.45) is 1.38. The fraction of sp³-hybridized carbons (Fsp3) is 0.500. The summed E-state index contributed by atoms with van der Waals surface area (Å²) in [5.74, 6) is 0.835. The van der Waals surface area contributed by atoms with Crippen molar-refractivity contribution in [3.8, 4) is 5.75 Å². The number of hydrogen-bond donors (Lipinski definition) is 1. The Morgan fingerprint density at radius 2 is 1.79 bits per heavy atom. The summed E-state index contributed by atoms with van der Waals surface area (Å²) in [5, 5.41) is 10.1. The van der Waals surface area contributed by atoms with Gasteiger partial charge in [0.2, 0.25) is 0 Å². The van der Waals surface area contributed by atoms with Crippen molar-refractivity contribution in [3.05, 3.63) is 41.5 Å². The Morgan fingerprint density at radius 3 is 2.26 bits per heavy atom. The molecule has 0 amide bonds. The molecule has 0 aliphatic heterocycles. The van der Waals surface area contributed by atoms with Crippen LogP contribution in [-0.4, -0.2) is 24.4 Å². The predicted octanol–water partition coefficient (Wildman–Crippen LogP) is 2.93. The molecule has 0 heterocycles. The molecule has 1 N–H and O–H groups in total. The molecule has 0 radical (unpaired) electrons. The van der Waals surface area contributed by atoms with Gasteiger partial charge in [0.15, 0.2) is 0 Å². The molecule has 1 aromatic rings. The molecule has 2 atom stereocenters. The molecule has 1 aliphatic rings. The van der Waals surface area contributed by atoms with Gasteiger partial charge >= 0.3 is 0 Å². The fourth-order valence-electron chi connectivity index (χ4n) is 2.11. The Balaban J connectivity index is 1.83. The smallest absolute Gasteiger partial charge is 0.118 e. The number of benzene rings is 1. The van der Waals surface area contributed by atoms with Crippen LogP contribution in [0.2, 0.25) is 0 Å². The van der Waals surface area contributed by atoms with Crippen molar-refractivity contribution in [3.63, 3.8) is 0 Å². The first-order valence-electron chi connectivity index (χ1n) is 6.60. The summed E-state index contributed by atoms with van der Waals surface area (Å²) in [6, 6.07) is 7.76. The Kier molecular flexibility index (Phi) is 3.97. The van der Waals surface area contributed by atoms with E-state index in [1.165, 1.54) is 0 Å². The molecule has 3 nitrogen and oxygen atoms in total. The molecule has 2 rings (SSSR count). The minimum atomic E-state index is -0.506. The highest BCUT2D eigenvalue weighted by atomic mass is 16.5. The van der Waals surface area contributed by atoms with Gasteiger partial charge in [0, 0.05) is 5.41 Å². The Labute approximate surface area is 114 Å². The Hall–Kier alpha value is -1.32. The largest absolute Gasteiger partial charge is 0.497 e. The lowest BCUT2D eigenvalue weighted by Crippen LogP contribution is -2.27. The second kappa shape index (κ2) is 5.35. The van der Waals surface area contributed by atoms with Gasteiger partial charge in [-0.2, -0.15) is 0 Å². The Bertz CT molecular complexity index is 459. The summed E-state index contributed by atoms with van der Waals surface area (Å²) in [5.41, 5.74) is 2.22. The van der Waals surface area contributed by atoms with Gasteiger partial charge in [0.1, 0.15) is 11.9 Å². The SMILES string of the molecule is COc1ccc(CO[C@H](C)[C@H](O)C2=CC2(C)C)cc1. The second-order valence-electron chi connectivity index (χ2n) is 5.63. The molecule has 0 fully saturated rings. The molecule has 0 bridgehead atoms. The number of methoxy groups -OCH3 is 1. The van der Waals surface area contributed by atoms with E-state index in [1.807, 2.05) is 31.2 Å². The van der Waals surface area contributed by atoms with E-state index in [-0.39, 0.29) is 11.5 Å². The molecular weight excluding hydrogens is 240 g/mol. The van der Waals surface area contributed by atoms with Crippen molar-refractivity contribution >= 4 is 0 Å². The van der Waals surface area contributed by atoms with Gasteiger partial charge < -0.3 is 14.6 Å². The van der Waals surface area contributed by atoms with E-state index in [4.69, 9.17) is 9.47 Å². The van der Waals surface area contributed by atoms with Crippen molar-refractivity contribution in [2.75, 3.05) is 7.11 Å². The van der Waals surface area contributed by atoms with E-state index < -0.39 is 6.10 Å². The monoisotopic (exact) mass is 262 g/mol. The summed E-state index contributed by atoms with van der Waals surface area (Å²) < 4.78 is 10.8. The van der Waals surface area contributed by atoms with E-state index in [9.17, 15) is 5.11 Å². The number of aliphatic hydroxyl groups is 1. The summed E-state index contributed by atoms with van der Waals surface area (Å²) >= 11 is 0. The minimum Gasteiger partial charge on any atom is -0.497 e. The summed E-state index contributed by atoms with van der Waals surface area (Å²) in [6.45, 7) is 6.60. The van der Waals surface area contributed by atoms with E-state index in [2.05, 4.69) is 19.9 Å². The number of allylic oxidation sites excluding steroid dienone is 1. The minimum absolute atomic E-state index is 0.0666. The van der Waals surface area contributed by atoms with Crippen LogP contribution in [0, 0.1) is 5.41 Å². The highest BCUT2D eigenvalue weighted by molar-refractivity contribution is 5.39. The molecule has 0 saturated heterocycles. The van der Waals surface area contributed by atoms with Crippen molar-refractivity contribution in [2.24, 2.45) is 5.41 Å². The third kappa shape index (κ3) is 3.37. The van der Waals surface area contributed by atoms with E-state index in [1.54, 1.807) is 7.11 Å². The normalized spacial score (nSPS) is 19.5. The lowest BCUT2D eigenvalue weighted by molar-refractivity contribution is -0.0204. The quantitative estimate of drug-likeness (QED) is 0.801. The van der Waals surface area contributed by atoms with Crippen LogP contribution in [0.5, 0.6) is 5.75 Å². The molecule has 0 spiro atoms. The predicted molar refractivity (Wildman–Crippen MR) is 75.1 cm³/mol. The molecule has 3 heteroatoms. The van der Waals surface area contributed by atoms with Crippen LogP contribution >= 0.6 is 0 Å². The zero-order chi connectivity index (χ0) is 14.0. The van der Waals surface area contributed by atoms with Gasteiger partial charge in [-0.05, 0) is 30.2 Å². The molecule has 104 valence electrons. The van der Waals surface area contributed by atoms with Crippen molar-refractivity contribution in [1.29, 1.82) is 0 Å². The van der Waals surface area contributed by atoms with E-state index in [0.29, 0.717) is 6.61 Å². The maximum atomic E-state index is 10.1. The third-order valence-electron chi connectivity index (χ3n) is 3.61. The lowest BCUT2D eigenvalue weighted by atomic mass is 10.0. The van der Waals surface area contributed by atoms with Gasteiger partial charge in [-0.3, -0.25) is 0 Å². The highest BCUT2D eigenvalue weighted by Gasteiger charge is 2.40. The van der Waals surface area contributed by atoms with Gasteiger partial charge in [-0.15, -0.1) is 0 Å². The first kappa shape index (κ1) is 14.1. The van der Waals surface area contributed by atoms with Crippen LogP contribution in [0.4, 0.5) is 0 Å². The standard InChI is InChI=1S/C16H22O3/c1-11(15(17)14-9-16(14,2)3)19-10-12-5-7-13(18-4)8-6-12/h5-9,11,15,17H,10H2,1-4H3/t11-,15+/m1/s1. The highest BCUT2D eigenvalue weighted by Crippen LogP contribution is 2.45. The van der Waals surface area contributed by atoms with Crippen molar-refractivity contribution in [1.82, 2.24) is 0 Å². The summed E-state index contributed by atoms with van der Waals surface area (Å²) in [7, 11) is 1.65. The van der Waals surface area contributed by atoms with Crippen LogP contribution in [0.25, 0.3) is 0 Å². The summed E-state index contributed by atoms with van der Waals surface area (Å²) in [4.78, 5) is 0. The average Bonchev–Trinajstić information content (AvgIpc) is 3.04. The van der Waals surface area contributed by atoms with Gasteiger partial charge in [0.25, 0.3) is 0 Å². The zero-order valence-electron chi connectivity index (χ0n) is 12.0. The van der Waals surface area contributed by atoms with Gasteiger partial charge in [-0.25, -0.2) is 0 Å². The third-order valence-corrected chi connectivity index (χ3v) is 3.61. The molecule has 0 saturated carbocycles. The first-order chi connectivity index (χ1) is 8.94. The van der Waals surface area contributed by atoms with Crippen LogP contribution in [0.1, 0.15) is 26.3 Å². The molecule has 19 heavy (non-hydrogen) atoms. The topological polar surface area (TPSA) is 38.7 Å². The maximum absolute atomic E-state index is 10.1.